The number of rotatable bonds is 6. The number of aromatic hydroxyl groups is 2. The second-order valence-corrected chi connectivity index (χ2v) is 10.5. The highest BCUT2D eigenvalue weighted by atomic mass is 16.3. The fraction of sp³-hybridized carbons (Fsp3) is 0.167. The third-order valence-corrected chi connectivity index (χ3v) is 7.46. The largest absolute Gasteiger partial charge is 0.508 e. The van der Waals surface area contributed by atoms with Crippen molar-refractivity contribution in [2.24, 2.45) is 0 Å². The van der Waals surface area contributed by atoms with E-state index in [0.717, 1.165) is 22.3 Å². The Morgan fingerprint density at radius 1 is 0.395 bits per heavy atom. The fourth-order valence-corrected chi connectivity index (χ4v) is 5.45. The fourth-order valence-electron chi connectivity index (χ4n) is 5.45. The monoisotopic (exact) mass is 498 g/mol. The summed E-state index contributed by atoms with van der Waals surface area (Å²) in [5, 5.41) is 20.3. The molecular formula is C36H34O2. The number of hydrogen-bond donors (Lipinski definition) is 2. The molecule has 0 saturated heterocycles. The molecule has 5 aromatic rings. The molecule has 2 heteroatoms. The van der Waals surface area contributed by atoms with Crippen LogP contribution in [0.4, 0.5) is 0 Å². The lowest BCUT2D eigenvalue weighted by Crippen LogP contribution is -2.07. The molecule has 2 atom stereocenters. The van der Waals surface area contributed by atoms with E-state index >= 15 is 0 Å². The van der Waals surface area contributed by atoms with Crippen molar-refractivity contribution in [1.29, 1.82) is 0 Å². The van der Waals surface area contributed by atoms with Crippen LogP contribution in [0.5, 0.6) is 11.5 Å². The van der Waals surface area contributed by atoms with Crippen molar-refractivity contribution in [3.05, 3.63) is 165 Å². The van der Waals surface area contributed by atoms with Crippen molar-refractivity contribution in [1.82, 2.24) is 0 Å². The molecule has 0 amide bonds. The first kappa shape index (κ1) is 25.4. The second-order valence-electron chi connectivity index (χ2n) is 10.5. The van der Waals surface area contributed by atoms with Crippen LogP contribution in [-0.2, 0) is 0 Å². The minimum absolute atomic E-state index is 0.0524. The van der Waals surface area contributed by atoms with Gasteiger partial charge in [0, 0.05) is 11.8 Å². The predicted molar refractivity (Wildman–Crippen MR) is 156 cm³/mol. The van der Waals surface area contributed by atoms with Crippen molar-refractivity contribution >= 4 is 0 Å². The maximum atomic E-state index is 10.2. The van der Waals surface area contributed by atoms with Gasteiger partial charge in [0.25, 0.3) is 0 Å². The van der Waals surface area contributed by atoms with Crippen LogP contribution in [0.15, 0.2) is 109 Å². The molecule has 0 heterocycles. The molecule has 190 valence electrons. The normalized spacial score (nSPS) is 12.7. The molecule has 38 heavy (non-hydrogen) atoms. The first-order valence-corrected chi connectivity index (χ1v) is 13.1. The van der Waals surface area contributed by atoms with Crippen LogP contribution in [0, 0.1) is 27.7 Å². The number of aryl methyl sites for hydroxylation is 4. The van der Waals surface area contributed by atoms with Gasteiger partial charge in [0.2, 0.25) is 0 Å². The van der Waals surface area contributed by atoms with Crippen LogP contribution in [0.25, 0.3) is 0 Å². The highest BCUT2D eigenvalue weighted by molar-refractivity contribution is 5.51. The third kappa shape index (κ3) is 5.21. The van der Waals surface area contributed by atoms with Crippen molar-refractivity contribution in [3.8, 4) is 11.5 Å². The summed E-state index contributed by atoms with van der Waals surface area (Å²) in [6.07, 6.45) is 0. The summed E-state index contributed by atoms with van der Waals surface area (Å²) >= 11 is 0. The minimum Gasteiger partial charge on any atom is -0.508 e. The van der Waals surface area contributed by atoms with E-state index in [1.165, 1.54) is 33.4 Å². The lowest BCUT2D eigenvalue weighted by atomic mass is 9.81. The number of phenols is 2. The first-order chi connectivity index (χ1) is 18.3. The van der Waals surface area contributed by atoms with Gasteiger partial charge >= 0.3 is 0 Å². The molecule has 0 aromatic heterocycles. The zero-order valence-electron chi connectivity index (χ0n) is 22.4. The lowest BCUT2D eigenvalue weighted by molar-refractivity contribution is 0.470. The van der Waals surface area contributed by atoms with E-state index in [0.29, 0.717) is 11.5 Å². The zero-order valence-corrected chi connectivity index (χ0v) is 22.4. The molecule has 0 aliphatic heterocycles. The van der Waals surface area contributed by atoms with Crippen molar-refractivity contribution in [2.45, 2.75) is 39.5 Å². The molecule has 5 rings (SSSR count). The van der Waals surface area contributed by atoms with Gasteiger partial charge in [-0.1, -0.05) is 108 Å². The van der Waals surface area contributed by atoms with E-state index in [1.807, 2.05) is 26.0 Å². The predicted octanol–water partition coefficient (Wildman–Crippen LogP) is 8.69. The standard InChI is InChI=1S/C36H34O2/c1-23-7-5-9-29(19-23)35(31-15-17-33(37)25(3)21-31)27-11-13-28(14-12-27)36(30-10-6-8-24(2)20-30)32-16-18-34(38)26(4)22-32/h5-22,35-38H,1-4H3. The van der Waals surface area contributed by atoms with Gasteiger partial charge in [0.15, 0.2) is 0 Å². The minimum atomic E-state index is 0.0524. The summed E-state index contributed by atoms with van der Waals surface area (Å²) in [5.74, 6) is 0.739. The molecule has 2 unspecified atom stereocenters. The maximum Gasteiger partial charge on any atom is 0.118 e. The van der Waals surface area contributed by atoms with Crippen molar-refractivity contribution < 1.29 is 10.2 Å². The highest BCUT2D eigenvalue weighted by Gasteiger charge is 2.21. The lowest BCUT2D eigenvalue weighted by Gasteiger charge is -2.23. The molecule has 0 saturated carbocycles. The van der Waals surface area contributed by atoms with Crippen LogP contribution in [-0.4, -0.2) is 10.2 Å². The second kappa shape index (κ2) is 10.6. The van der Waals surface area contributed by atoms with E-state index < -0.39 is 0 Å². The Morgan fingerprint density at radius 3 is 1.08 bits per heavy atom. The molecule has 0 fully saturated rings. The Bertz CT molecular complexity index is 1460. The Hall–Kier alpha value is -4.30. The average molecular weight is 499 g/mol. The Morgan fingerprint density at radius 2 is 0.737 bits per heavy atom. The molecule has 0 radical (unpaired) electrons. The summed E-state index contributed by atoms with van der Waals surface area (Å²) in [4.78, 5) is 0. The first-order valence-electron chi connectivity index (χ1n) is 13.1. The molecule has 2 nitrogen and oxygen atoms in total. The molecule has 5 aromatic carbocycles. The van der Waals surface area contributed by atoms with Crippen LogP contribution in [0.3, 0.4) is 0 Å². The van der Waals surface area contributed by atoms with Gasteiger partial charge < -0.3 is 10.2 Å². The summed E-state index contributed by atoms with van der Waals surface area (Å²) in [6.45, 7) is 8.14. The molecule has 0 bridgehead atoms. The molecular weight excluding hydrogens is 464 g/mol. The van der Waals surface area contributed by atoms with E-state index in [9.17, 15) is 10.2 Å². The van der Waals surface area contributed by atoms with Gasteiger partial charge in [0.05, 0.1) is 0 Å². The number of phenolic OH excluding ortho intramolecular Hbond substituents is 2. The average Bonchev–Trinajstić information content (AvgIpc) is 2.90. The van der Waals surface area contributed by atoms with Gasteiger partial charge in [0.1, 0.15) is 11.5 Å². The molecule has 0 aliphatic rings. The van der Waals surface area contributed by atoms with Gasteiger partial charge in [-0.05, 0) is 84.3 Å². The van der Waals surface area contributed by atoms with E-state index in [-0.39, 0.29) is 11.8 Å². The molecule has 0 aliphatic carbocycles. The zero-order chi connectivity index (χ0) is 26.8. The van der Waals surface area contributed by atoms with E-state index in [2.05, 4.69) is 98.8 Å². The molecule has 0 spiro atoms. The Labute approximate surface area is 225 Å². The van der Waals surface area contributed by atoms with Crippen molar-refractivity contribution in [3.63, 3.8) is 0 Å². The number of benzene rings is 5. The van der Waals surface area contributed by atoms with E-state index in [1.54, 1.807) is 12.1 Å². The maximum absolute atomic E-state index is 10.2. The van der Waals surface area contributed by atoms with Gasteiger partial charge in [-0.25, -0.2) is 0 Å². The highest BCUT2D eigenvalue weighted by Crippen LogP contribution is 2.38. The Kier molecular flexibility index (Phi) is 7.07. The summed E-state index contributed by atoms with van der Waals surface area (Å²) in [6, 6.07) is 38.1. The van der Waals surface area contributed by atoms with E-state index in [4.69, 9.17) is 0 Å². The van der Waals surface area contributed by atoms with Crippen LogP contribution in [0.1, 0.15) is 67.5 Å². The SMILES string of the molecule is Cc1cccc(C(c2ccc(C(c3cccc(C)c3)c3ccc(O)c(C)c3)cc2)c2ccc(O)c(C)c2)c1. The summed E-state index contributed by atoms with van der Waals surface area (Å²) < 4.78 is 0. The third-order valence-electron chi connectivity index (χ3n) is 7.46. The van der Waals surface area contributed by atoms with Gasteiger partial charge in [-0.3, -0.25) is 0 Å². The number of hydrogen-bond acceptors (Lipinski definition) is 2. The quantitative estimate of drug-likeness (QED) is 0.230. The van der Waals surface area contributed by atoms with Crippen LogP contribution >= 0.6 is 0 Å². The van der Waals surface area contributed by atoms with Crippen LogP contribution < -0.4 is 0 Å². The summed E-state index contributed by atoms with van der Waals surface area (Å²) in [5.41, 5.74) is 11.4. The van der Waals surface area contributed by atoms with Gasteiger partial charge in [-0.15, -0.1) is 0 Å². The topological polar surface area (TPSA) is 40.5 Å². The van der Waals surface area contributed by atoms with Crippen LogP contribution in [0.2, 0.25) is 0 Å². The Balaban J connectivity index is 1.62. The smallest absolute Gasteiger partial charge is 0.118 e. The summed E-state index contributed by atoms with van der Waals surface area (Å²) in [7, 11) is 0. The van der Waals surface area contributed by atoms with Gasteiger partial charge in [-0.2, -0.15) is 0 Å². The van der Waals surface area contributed by atoms with Crippen molar-refractivity contribution in [2.75, 3.05) is 0 Å². The molecule has 2 N–H and O–H groups in total.